The Hall–Kier alpha value is -1.61. The Morgan fingerprint density at radius 1 is 1.05 bits per heavy atom. The second-order valence-electron chi connectivity index (χ2n) is 4.58. The molecule has 2 rings (SSSR count). The molecule has 0 aromatic heterocycles. The maximum absolute atomic E-state index is 13.5. The Labute approximate surface area is 122 Å². The molecule has 20 heavy (non-hydrogen) atoms. The standard InChI is InChI=1S/C16H16ClF2N/c17-8-2-4-12-3-1-5-15(9-12)20-11-13-6-7-14(18)10-16(13)19/h1,3,5-7,9-10,20H,2,4,8,11H2. The Bertz CT molecular complexity index is 572. The van der Waals surface area contributed by atoms with Crippen LogP contribution >= 0.6 is 11.6 Å². The molecule has 0 amide bonds. The van der Waals surface area contributed by atoms with Crippen LogP contribution in [0.4, 0.5) is 14.5 Å². The molecule has 0 aliphatic heterocycles. The molecule has 2 aromatic carbocycles. The zero-order chi connectivity index (χ0) is 14.4. The smallest absolute Gasteiger partial charge is 0.131 e. The molecule has 0 atom stereocenters. The lowest BCUT2D eigenvalue weighted by atomic mass is 10.1. The summed E-state index contributed by atoms with van der Waals surface area (Å²) in [5.41, 5.74) is 2.55. The first-order valence-corrected chi connectivity index (χ1v) is 7.05. The molecule has 0 spiro atoms. The highest BCUT2D eigenvalue weighted by Gasteiger charge is 2.03. The van der Waals surface area contributed by atoms with Gasteiger partial charge in [-0.15, -0.1) is 11.6 Å². The summed E-state index contributed by atoms with van der Waals surface area (Å²) < 4.78 is 26.3. The number of nitrogens with one attached hydrogen (secondary N) is 1. The van der Waals surface area contributed by atoms with Crippen molar-refractivity contribution in [2.45, 2.75) is 19.4 Å². The van der Waals surface area contributed by atoms with E-state index in [0.29, 0.717) is 18.0 Å². The fourth-order valence-corrected chi connectivity index (χ4v) is 2.10. The third-order valence-electron chi connectivity index (χ3n) is 3.02. The van der Waals surface area contributed by atoms with Gasteiger partial charge in [0.25, 0.3) is 0 Å². The molecule has 0 saturated heterocycles. The number of aryl methyl sites for hydroxylation is 1. The van der Waals surface area contributed by atoms with Crippen LogP contribution in [0.5, 0.6) is 0 Å². The largest absolute Gasteiger partial charge is 0.381 e. The van der Waals surface area contributed by atoms with E-state index in [1.54, 1.807) is 0 Å². The lowest BCUT2D eigenvalue weighted by Gasteiger charge is -2.09. The van der Waals surface area contributed by atoms with Crippen molar-refractivity contribution in [3.8, 4) is 0 Å². The molecule has 0 aliphatic rings. The molecule has 106 valence electrons. The second kappa shape index (κ2) is 7.25. The summed E-state index contributed by atoms with van der Waals surface area (Å²) in [5, 5.41) is 3.14. The monoisotopic (exact) mass is 295 g/mol. The van der Waals surface area contributed by atoms with Crippen molar-refractivity contribution >= 4 is 17.3 Å². The van der Waals surface area contributed by atoms with E-state index in [0.717, 1.165) is 24.6 Å². The van der Waals surface area contributed by atoms with E-state index in [9.17, 15) is 8.78 Å². The highest BCUT2D eigenvalue weighted by atomic mass is 35.5. The topological polar surface area (TPSA) is 12.0 Å². The van der Waals surface area contributed by atoms with Crippen molar-refractivity contribution < 1.29 is 8.78 Å². The summed E-state index contributed by atoms with van der Waals surface area (Å²) in [6.07, 6.45) is 1.85. The van der Waals surface area contributed by atoms with Gasteiger partial charge in [0, 0.05) is 29.7 Å². The molecule has 0 saturated carbocycles. The first-order valence-electron chi connectivity index (χ1n) is 6.52. The minimum absolute atomic E-state index is 0.324. The lowest BCUT2D eigenvalue weighted by molar-refractivity contribution is 0.574. The van der Waals surface area contributed by atoms with Gasteiger partial charge >= 0.3 is 0 Å². The highest BCUT2D eigenvalue weighted by Crippen LogP contribution is 2.15. The molecule has 0 bridgehead atoms. The Morgan fingerprint density at radius 3 is 2.65 bits per heavy atom. The predicted octanol–water partition coefficient (Wildman–Crippen LogP) is 4.75. The molecule has 0 fully saturated rings. The van der Waals surface area contributed by atoms with Crippen molar-refractivity contribution in [1.29, 1.82) is 0 Å². The van der Waals surface area contributed by atoms with Gasteiger partial charge in [-0.05, 0) is 36.6 Å². The van der Waals surface area contributed by atoms with Crippen LogP contribution in [0.1, 0.15) is 17.5 Å². The molecule has 0 unspecified atom stereocenters. The van der Waals surface area contributed by atoms with Crippen LogP contribution in [0.3, 0.4) is 0 Å². The predicted molar refractivity (Wildman–Crippen MR) is 79.2 cm³/mol. The summed E-state index contributed by atoms with van der Waals surface area (Å²) in [4.78, 5) is 0. The van der Waals surface area contributed by atoms with Crippen LogP contribution in [0.15, 0.2) is 42.5 Å². The quantitative estimate of drug-likeness (QED) is 0.759. The summed E-state index contributed by atoms with van der Waals surface area (Å²) in [6, 6.07) is 11.5. The van der Waals surface area contributed by atoms with Crippen LogP contribution in [0.25, 0.3) is 0 Å². The Kier molecular flexibility index (Phi) is 5.36. The third kappa shape index (κ3) is 4.20. The van der Waals surface area contributed by atoms with Gasteiger partial charge in [0.1, 0.15) is 11.6 Å². The maximum Gasteiger partial charge on any atom is 0.131 e. The van der Waals surface area contributed by atoms with Crippen LogP contribution in [0.2, 0.25) is 0 Å². The fraction of sp³-hybridized carbons (Fsp3) is 0.250. The summed E-state index contributed by atoms with van der Waals surface area (Å²) in [7, 11) is 0. The average molecular weight is 296 g/mol. The molecular weight excluding hydrogens is 280 g/mol. The number of anilines is 1. The van der Waals surface area contributed by atoms with Gasteiger partial charge in [-0.25, -0.2) is 8.78 Å². The number of benzene rings is 2. The number of rotatable bonds is 6. The fourth-order valence-electron chi connectivity index (χ4n) is 1.97. The molecule has 1 N–H and O–H groups in total. The van der Waals surface area contributed by atoms with E-state index >= 15 is 0 Å². The van der Waals surface area contributed by atoms with E-state index in [1.165, 1.54) is 17.7 Å². The molecule has 0 aliphatic carbocycles. The SMILES string of the molecule is Fc1ccc(CNc2cccc(CCCCl)c2)c(F)c1. The van der Waals surface area contributed by atoms with Gasteiger partial charge in [-0.2, -0.15) is 0 Å². The number of alkyl halides is 1. The first kappa shape index (κ1) is 14.8. The van der Waals surface area contributed by atoms with E-state index in [4.69, 9.17) is 11.6 Å². The highest BCUT2D eigenvalue weighted by molar-refractivity contribution is 6.17. The summed E-state index contributed by atoms with van der Waals surface area (Å²) in [5.74, 6) is -0.455. The van der Waals surface area contributed by atoms with Crippen LogP contribution in [0, 0.1) is 11.6 Å². The van der Waals surface area contributed by atoms with Crippen LogP contribution in [-0.4, -0.2) is 5.88 Å². The van der Waals surface area contributed by atoms with Crippen molar-refractivity contribution in [2.24, 2.45) is 0 Å². The minimum atomic E-state index is -0.561. The zero-order valence-electron chi connectivity index (χ0n) is 11.0. The van der Waals surface area contributed by atoms with E-state index in [1.807, 2.05) is 24.3 Å². The maximum atomic E-state index is 13.5. The Balaban J connectivity index is 1.99. The summed E-state index contributed by atoms with van der Waals surface area (Å²) >= 11 is 5.67. The molecule has 4 heteroatoms. The average Bonchev–Trinajstić information content (AvgIpc) is 2.45. The molecule has 0 heterocycles. The van der Waals surface area contributed by atoms with Gasteiger partial charge < -0.3 is 5.32 Å². The van der Waals surface area contributed by atoms with Crippen molar-refractivity contribution in [3.63, 3.8) is 0 Å². The van der Waals surface area contributed by atoms with Crippen LogP contribution < -0.4 is 5.32 Å². The normalized spacial score (nSPS) is 10.6. The first-order chi connectivity index (χ1) is 9.69. The van der Waals surface area contributed by atoms with Gasteiger partial charge in [0.15, 0.2) is 0 Å². The summed E-state index contributed by atoms with van der Waals surface area (Å²) in [6.45, 7) is 0.324. The number of hydrogen-bond donors (Lipinski definition) is 1. The number of hydrogen-bond acceptors (Lipinski definition) is 1. The molecule has 1 nitrogen and oxygen atoms in total. The third-order valence-corrected chi connectivity index (χ3v) is 3.29. The van der Waals surface area contributed by atoms with Crippen LogP contribution in [-0.2, 0) is 13.0 Å². The second-order valence-corrected chi connectivity index (χ2v) is 4.96. The van der Waals surface area contributed by atoms with Crippen molar-refractivity contribution in [1.82, 2.24) is 0 Å². The van der Waals surface area contributed by atoms with Crippen molar-refractivity contribution in [2.75, 3.05) is 11.2 Å². The molecule has 0 radical (unpaired) electrons. The van der Waals surface area contributed by atoms with Gasteiger partial charge in [-0.1, -0.05) is 18.2 Å². The Morgan fingerprint density at radius 2 is 1.90 bits per heavy atom. The van der Waals surface area contributed by atoms with E-state index in [2.05, 4.69) is 5.32 Å². The van der Waals surface area contributed by atoms with E-state index < -0.39 is 11.6 Å². The van der Waals surface area contributed by atoms with Gasteiger partial charge in [-0.3, -0.25) is 0 Å². The lowest BCUT2D eigenvalue weighted by Crippen LogP contribution is -2.02. The van der Waals surface area contributed by atoms with Gasteiger partial charge in [0.05, 0.1) is 0 Å². The zero-order valence-corrected chi connectivity index (χ0v) is 11.8. The minimum Gasteiger partial charge on any atom is -0.381 e. The number of halogens is 3. The molecular formula is C16H16ClF2N. The van der Waals surface area contributed by atoms with Crippen molar-refractivity contribution in [3.05, 3.63) is 65.2 Å². The van der Waals surface area contributed by atoms with E-state index in [-0.39, 0.29) is 0 Å². The molecule has 2 aromatic rings. The van der Waals surface area contributed by atoms with Gasteiger partial charge in [0.2, 0.25) is 0 Å².